The third kappa shape index (κ3) is 2.37. The van der Waals surface area contributed by atoms with Crippen LogP contribution < -0.4 is 4.74 Å². The summed E-state index contributed by atoms with van der Waals surface area (Å²) in [6.07, 6.45) is 5.56. The van der Waals surface area contributed by atoms with E-state index in [1.54, 1.807) is 0 Å². The fourth-order valence-corrected chi connectivity index (χ4v) is 1.11. The third-order valence-electron chi connectivity index (χ3n) is 0.906. The molecule has 0 spiro atoms. The van der Waals surface area contributed by atoms with Gasteiger partial charge in [-0.3, -0.25) is 0 Å². The third-order valence-corrected chi connectivity index (χ3v) is 1.76. The predicted octanol–water partition coefficient (Wildman–Crippen LogP) is 1.59. The van der Waals surface area contributed by atoms with Gasteiger partial charge in [-0.05, 0) is 0 Å². The Morgan fingerprint density at radius 2 is 2.45 bits per heavy atom. The van der Waals surface area contributed by atoms with Gasteiger partial charge in [0.25, 0.3) is 5.88 Å². The molecule has 0 aliphatic heterocycles. The minimum absolute atomic E-state index is 0.298. The SMILES string of the molecule is C#CCCOc1nsnc1Cl. The summed E-state index contributed by atoms with van der Waals surface area (Å²) in [5, 5.41) is 0.298. The molecule has 0 amide bonds. The lowest BCUT2D eigenvalue weighted by atomic mass is 10.5. The Hall–Kier alpha value is -0.790. The van der Waals surface area contributed by atoms with Crippen molar-refractivity contribution in [3.05, 3.63) is 5.15 Å². The average Bonchev–Trinajstić information content (AvgIpc) is 2.37. The van der Waals surface area contributed by atoms with Crippen molar-refractivity contribution >= 4 is 23.3 Å². The van der Waals surface area contributed by atoms with Crippen molar-refractivity contribution in [3.63, 3.8) is 0 Å². The summed E-state index contributed by atoms with van der Waals surface area (Å²) in [5.74, 6) is 2.80. The Balaban J connectivity index is 2.40. The highest BCUT2D eigenvalue weighted by Gasteiger charge is 2.04. The summed E-state index contributed by atoms with van der Waals surface area (Å²) < 4.78 is 12.6. The molecule has 1 aromatic heterocycles. The Labute approximate surface area is 73.7 Å². The first-order chi connectivity index (χ1) is 5.34. The van der Waals surface area contributed by atoms with E-state index in [0.717, 1.165) is 11.7 Å². The highest BCUT2D eigenvalue weighted by atomic mass is 35.5. The van der Waals surface area contributed by atoms with Crippen LogP contribution in [0.2, 0.25) is 5.15 Å². The minimum Gasteiger partial charge on any atom is -0.474 e. The molecule has 0 aliphatic rings. The molecule has 11 heavy (non-hydrogen) atoms. The first kappa shape index (κ1) is 8.31. The van der Waals surface area contributed by atoms with E-state index < -0.39 is 0 Å². The molecular weight excluding hydrogens is 184 g/mol. The quantitative estimate of drug-likeness (QED) is 0.534. The second-order valence-electron chi connectivity index (χ2n) is 1.66. The molecule has 0 N–H and O–H groups in total. The highest BCUT2D eigenvalue weighted by Crippen LogP contribution is 2.20. The molecule has 1 aromatic rings. The first-order valence-corrected chi connectivity index (χ1v) is 3.99. The lowest BCUT2D eigenvalue weighted by molar-refractivity contribution is 0.317. The zero-order chi connectivity index (χ0) is 8.10. The summed E-state index contributed by atoms with van der Waals surface area (Å²) in [6.45, 7) is 0.432. The fourth-order valence-electron chi connectivity index (χ4n) is 0.463. The number of terminal acetylenes is 1. The molecule has 0 saturated carbocycles. The number of halogens is 1. The van der Waals surface area contributed by atoms with Crippen LogP contribution in [0.15, 0.2) is 0 Å². The van der Waals surface area contributed by atoms with Gasteiger partial charge in [0.1, 0.15) is 6.61 Å². The van der Waals surface area contributed by atoms with Gasteiger partial charge in [0.05, 0.1) is 11.7 Å². The van der Waals surface area contributed by atoms with Crippen molar-refractivity contribution in [1.82, 2.24) is 8.75 Å². The summed E-state index contributed by atoms with van der Waals surface area (Å²) in [5.41, 5.74) is 0. The predicted molar refractivity (Wildman–Crippen MR) is 43.9 cm³/mol. The molecule has 0 aliphatic carbocycles. The standard InChI is InChI=1S/C6H5ClN2OS/c1-2-3-4-10-6-5(7)8-11-9-6/h1H,3-4H2. The summed E-state index contributed by atoms with van der Waals surface area (Å²) >= 11 is 6.59. The van der Waals surface area contributed by atoms with E-state index in [1.165, 1.54) is 0 Å². The Bertz CT molecular complexity index is 268. The molecule has 0 bridgehead atoms. The molecule has 58 valence electrons. The van der Waals surface area contributed by atoms with Crippen molar-refractivity contribution in [2.24, 2.45) is 0 Å². The van der Waals surface area contributed by atoms with E-state index in [4.69, 9.17) is 22.8 Å². The molecule has 5 heteroatoms. The van der Waals surface area contributed by atoms with Crippen LogP contribution in [0.3, 0.4) is 0 Å². The monoisotopic (exact) mass is 188 g/mol. The van der Waals surface area contributed by atoms with Crippen LogP contribution in [0.25, 0.3) is 0 Å². The largest absolute Gasteiger partial charge is 0.474 e. The number of nitrogens with zero attached hydrogens (tertiary/aromatic N) is 2. The van der Waals surface area contributed by atoms with Crippen molar-refractivity contribution in [1.29, 1.82) is 0 Å². The van der Waals surface area contributed by atoms with Gasteiger partial charge in [-0.2, -0.15) is 4.37 Å². The van der Waals surface area contributed by atoms with Crippen molar-refractivity contribution in [3.8, 4) is 18.2 Å². The van der Waals surface area contributed by atoms with E-state index in [0.29, 0.717) is 24.1 Å². The molecule has 1 rings (SSSR count). The van der Waals surface area contributed by atoms with Crippen molar-refractivity contribution < 1.29 is 4.74 Å². The number of aromatic nitrogens is 2. The van der Waals surface area contributed by atoms with Gasteiger partial charge in [-0.25, -0.2) is 0 Å². The zero-order valence-corrected chi connectivity index (χ0v) is 7.15. The van der Waals surface area contributed by atoms with Crippen molar-refractivity contribution in [2.75, 3.05) is 6.61 Å². The van der Waals surface area contributed by atoms with Gasteiger partial charge in [0, 0.05) is 6.42 Å². The Morgan fingerprint density at radius 3 is 3.00 bits per heavy atom. The van der Waals surface area contributed by atoms with Crippen LogP contribution in [0.5, 0.6) is 5.88 Å². The molecule has 0 saturated heterocycles. The van der Waals surface area contributed by atoms with E-state index in [-0.39, 0.29) is 0 Å². The molecule has 0 unspecified atom stereocenters. The number of hydrogen-bond acceptors (Lipinski definition) is 4. The summed E-state index contributed by atoms with van der Waals surface area (Å²) in [4.78, 5) is 0. The van der Waals surface area contributed by atoms with E-state index >= 15 is 0 Å². The number of ether oxygens (including phenoxy) is 1. The van der Waals surface area contributed by atoms with Crippen LogP contribution >= 0.6 is 23.3 Å². The molecule has 0 aromatic carbocycles. The van der Waals surface area contributed by atoms with Crippen molar-refractivity contribution in [2.45, 2.75) is 6.42 Å². The molecule has 1 heterocycles. The Morgan fingerprint density at radius 1 is 1.64 bits per heavy atom. The van der Waals surface area contributed by atoms with Gasteiger partial charge in [-0.1, -0.05) is 11.6 Å². The molecular formula is C6H5ClN2OS. The normalized spacial score (nSPS) is 9.09. The van der Waals surface area contributed by atoms with Gasteiger partial charge in [0.15, 0.2) is 0 Å². The van der Waals surface area contributed by atoms with Gasteiger partial charge in [-0.15, -0.1) is 16.7 Å². The second kappa shape index (κ2) is 4.16. The maximum atomic E-state index is 5.58. The minimum atomic E-state index is 0.298. The van der Waals surface area contributed by atoms with Gasteiger partial charge >= 0.3 is 0 Å². The van der Waals surface area contributed by atoms with Crippen LogP contribution in [-0.4, -0.2) is 15.4 Å². The Kier molecular flexibility index (Phi) is 3.14. The number of hydrogen-bond donors (Lipinski definition) is 0. The van der Waals surface area contributed by atoms with Crippen LogP contribution in [-0.2, 0) is 0 Å². The first-order valence-electron chi connectivity index (χ1n) is 2.89. The summed E-state index contributed by atoms with van der Waals surface area (Å²) in [7, 11) is 0. The summed E-state index contributed by atoms with van der Waals surface area (Å²) in [6, 6.07) is 0. The maximum Gasteiger partial charge on any atom is 0.265 e. The zero-order valence-electron chi connectivity index (χ0n) is 5.58. The molecule has 0 fully saturated rings. The molecule has 0 atom stereocenters. The van der Waals surface area contributed by atoms with Gasteiger partial charge in [0.2, 0.25) is 5.15 Å². The molecule has 3 nitrogen and oxygen atoms in total. The average molecular weight is 189 g/mol. The maximum absolute atomic E-state index is 5.58. The van der Waals surface area contributed by atoms with Gasteiger partial charge < -0.3 is 4.74 Å². The lowest BCUT2D eigenvalue weighted by Crippen LogP contribution is -1.95. The smallest absolute Gasteiger partial charge is 0.265 e. The highest BCUT2D eigenvalue weighted by molar-refractivity contribution is 6.99. The number of rotatable bonds is 3. The van der Waals surface area contributed by atoms with Crippen LogP contribution in [0, 0.1) is 12.3 Å². The topological polar surface area (TPSA) is 35.0 Å². The van der Waals surface area contributed by atoms with Crippen LogP contribution in [0.1, 0.15) is 6.42 Å². The molecule has 0 radical (unpaired) electrons. The van der Waals surface area contributed by atoms with E-state index in [1.807, 2.05) is 0 Å². The fraction of sp³-hybridized carbons (Fsp3) is 0.333. The second-order valence-corrected chi connectivity index (χ2v) is 2.55. The van der Waals surface area contributed by atoms with E-state index in [9.17, 15) is 0 Å². The van der Waals surface area contributed by atoms with Crippen LogP contribution in [0.4, 0.5) is 0 Å². The lowest BCUT2D eigenvalue weighted by Gasteiger charge is -1.96. The van der Waals surface area contributed by atoms with E-state index in [2.05, 4.69) is 14.7 Å².